The zero-order valence-electron chi connectivity index (χ0n) is 12.7. The van der Waals surface area contributed by atoms with Gasteiger partial charge >= 0.3 is 5.69 Å². The van der Waals surface area contributed by atoms with Gasteiger partial charge in [-0.05, 0) is 6.92 Å². The zero-order valence-corrected chi connectivity index (χ0v) is 13.5. The van der Waals surface area contributed by atoms with E-state index >= 15 is 0 Å². The Labute approximate surface area is 130 Å². The molecule has 2 N–H and O–H groups in total. The van der Waals surface area contributed by atoms with Crippen molar-refractivity contribution >= 4 is 23.4 Å². The van der Waals surface area contributed by atoms with E-state index in [1.165, 1.54) is 25.9 Å². The second-order valence-electron chi connectivity index (χ2n) is 4.91. The summed E-state index contributed by atoms with van der Waals surface area (Å²) in [6.45, 7) is 1.67. The average Bonchev–Trinajstić information content (AvgIpc) is 2.88. The number of imidazole rings is 1. The van der Waals surface area contributed by atoms with Crippen LogP contribution in [-0.4, -0.2) is 29.7 Å². The number of Topliss-reactive ketones (excluding diaryl/α,β-unsaturated/α-hetero) is 1. The first-order chi connectivity index (χ1) is 10.3. The number of nitrogen functional groups attached to an aromatic ring is 1. The molecule has 0 saturated carbocycles. The Morgan fingerprint density at radius 3 is 2.45 bits per heavy atom. The first-order valence-corrected chi connectivity index (χ1v) is 7.37. The Hall–Kier alpha value is -2.29. The van der Waals surface area contributed by atoms with Gasteiger partial charge in [0, 0.05) is 33.5 Å². The van der Waals surface area contributed by atoms with Gasteiger partial charge in [-0.3, -0.25) is 18.7 Å². The zero-order chi connectivity index (χ0) is 16.6. The van der Waals surface area contributed by atoms with Gasteiger partial charge in [0.05, 0.1) is 5.25 Å². The molecule has 0 bridgehead atoms. The Balaban J connectivity index is 2.44. The summed E-state index contributed by atoms with van der Waals surface area (Å²) < 4.78 is 3.74. The molecule has 0 spiro atoms. The Morgan fingerprint density at radius 2 is 1.91 bits per heavy atom. The molecular weight excluding hydrogens is 306 g/mol. The van der Waals surface area contributed by atoms with Gasteiger partial charge in [-0.1, -0.05) is 11.8 Å². The number of thioether (sulfide) groups is 1. The molecule has 22 heavy (non-hydrogen) atoms. The first-order valence-electron chi connectivity index (χ1n) is 6.49. The van der Waals surface area contributed by atoms with Crippen molar-refractivity contribution in [1.82, 2.24) is 18.7 Å². The van der Waals surface area contributed by atoms with Crippen molar-refractivity contribution < 1.29 is 4.79 Å². The predicted molar refractivity (Wildman–Crippen MR) is 84.2 cm³/mol. The molecular formula is C13H17N5O3S. The third kappa shape index (κ3) is 2.59. The van der Waals surface area contributed by atoms with Gasteiger partial charge in [-0.2, -0.15) is 0 Å². The maximum absolute atomic E-state index is 12.6. The normalized spacial score (nSPS) is 12.4. The van der Waals surface area contributed by atoms with Crippen LogP contribution in [0.4, 0.5) is 5.82 Å². The summed E-state index contributed by atoms with van der Waals surface area (Å²) in [7, 11) is 4.55. The Bertz CT molecular complexity index is 848. The molecule has 118 valence electrons. The Morgan fingerprint density at radius 1 is 1.27 bits per heavy atom. The summed E-state index contributed by atoms with van der Waals surface area (Å²) in [5.74, 6) is -0.549. The van der Waals surface area contributed by atoms with Crippen LogP contribution in [0.25, 0.3) is 0 Å². The minimum Gasteiger partial charge on any atom is -0.384 e. The molecule has 0 aliphatic carbocycles. The van der Waals surface area contributed by atoms with Crippen LogP contribution in [0.3, 0.4) is 0 Å². The van der Waals surface area contributed by atoms with Gasteiger partial charge in [0.25, 0.3) is 5.56 Å². The lowest BCUT2D eigenvalue weighted by atomic mass is 10.1. The van der Waals surface area contributed by atoms with Crippen LogP contribution in [0.5, 0.6) is 0 Å². The molecule has 9 heteroatoms. The number of rotatable bonds is 4. The van der Waals surface area contributed by atoms with E-state index < -0.39 is 22.3 Å². The molecule has 0 aliphatic rings. The molecule has 2 heterocycles. The van der Waals surface area contributed by atoms with E-state index in [4.69, 9.17) is 5.73 Å². The second-order valence-corrected chi connectivity index (χ2v) is 6.22. The van der Waals surface area contributed by atoms with Crippen LogP contribution in [0.15, 0.2) is 27.1 Å². The lowest BCUT2D eigenvalue weighted by Crippen LogP contribution is -2.42. The Kier molecular flexibility index (Phi) is 4.27. The number of nitrogens with zero attached hydrogens (tertiary/aromatic N) is 4. The van der Waals surface area contributed by atoms with E-state index in [0.29, 0.717) is 5.16 Å². The van der Waals surface area contributed by atoms with E-state index in [2.05, 4.69) is 4.98 Å². The van der Waals surface area contributed by atoms with Gasteiger partial charge in [0.15, 0.2) is 10.9 Å². The molecule has 2 rings (SSSR count). The molecule has 0 amide bonds. The molecule has 1 atom stereocenters. The van der Waals surface area contributed by atoms with Crippen LogP contribution in [0.1, 0.15) is 17.3 Å². The fourth-order valence-corrected chi connectivity index (χ4v) is 2.86. The molecule has 0 aliphatic heterocycles. The number of aryl methyl sites for hydroxylation is 1. The number of anilines is 1. The summed E-state index contributed by atoms with van der Waals surface area (Å²) in [5, 5.41) is 0.0923. The van der Waals surface area contributed by atoms with Crippen molar-refractivity contribution in [2.75, 3.05) is 5.73 Å². The summed E-state index contributed by atoms with van der Waals surface area (Å²) in [6.07, 6.45) is 3.39. The van der Waals surface area contributed by atoms with Crippen LogP contribution in [0, 0.1) is 0 Å². The lowest BCUT2D eigenvalue weighted by Gasteiger charge is -2.14. The van der Waals surface area contributed by atoms with E-state index in [0.717, 1.165) is 9.13 Å². The minimum atomic E-state index is -0.683. The van der Waals surface area contributed by atoms with Gasteiger partial charge in [0.1, 0.15) is 11.4 Å². The van der Waals surface area contributed by atoms with Crippen LogP contribution in [0.2, 0.25) is 0 Å². The molecule has 0 unspecified atom stereocenters. The van der Waals surface area contributed by atoms with Gasteiger partial charge in [0.2, 0.25) is 0 Å². The van der Waals surface area contributed by atoms with Crippen LogP contribution < -0.4 is 17.0 Å². The number of aromatic nitrogens is 4. The molecule has 0 aromatic carbocycles. The largest absolute Gasteiger partial charge is 0.384 e. The summed E-state index contributed by atoms with van der Waals surface area (Å²) in [6, 6.07) is 0. The lowest BCUT2D eigenvalue weighted by molar-refractivity contribution is 0.0992. The van der Waals surface area contributed by atoms with E-state index in [1.54, 1.807) is 23.9 Å². The highest BCUT2D eigenvalue weighted by Gasteiger charge is 2.26. The smallest absolute Gasteiger partial charge is 0.332 e. The number of carbonyl (C=O) groups excluding carboxylic acids is 1. The molecule has 2 aromatic rings. The summed E-state index contributed by atoms with van der Waals surface area (Å²) >= 11 is 1.22. The number of carbonyl (C=O) groups is 1. The quantitative estimate of drug-likeness (QED) is 0.615. The van der Waals surface area contributed by atoms with Gasteiger partial charge in [-0.25, -0.2) is 9.78 Å². The second kappa shape index (κ2) is 5.84. The highest BCUT2D eigenvalue weighted by Crippen LogP contribution is 2.23. The van der Waals surface area contributed by atoms with Crippen molar-refractivity contribution in [2.45, 2.75) is 17.3 Å². The van der Waals surface area contributed by atoms with E-state index in [1.807, 2.05) is 7.05 Å². The minimum absolute atomic E-state index is 0.120. The summed E-state index contributed by atoms with van der Waals surface area (Å²) in [5.41, 5.74) is 4.38. The van der Waals surface area contributed by atoms with Crippen molar-refractivity contribution in [1.29, 1.82) is 0 Å². The predicted octanol–water partition coefficient (Wildman–Crippen LogP) is -0.237. The fourth-order valence-electron chi connectivity index (χ4n) is 1.97. The van der Waals surface area contributed by atoms with Crippen molar-refractivity contribution in [3.63, 3.8) is 0 Å². The van der Waals surface area contributed by atoms with E-state index in [9.17, 15) is 14.4 Å². The number of ketones is 1. The molecule has 0 saturated heterocycles. The van der Waals surface area contributed by atoms with Crippen LogP contribution >= 0.6 is 11.8 Å². The topological polar surface area (TPSA) is 105 Å². The number of hydrogen-bond donors (Lipinski definition) is 1. The number of hydrogen-bond acceptors (Lipinski definition) is 6. The van der Waals surface area contributed by atoms with Crippen LogP contribution in [-0.2, 0) is 21.1 Å². The number of nitrogens with two attached hydrogens (primary N) is 1. The maximum atomic E-state index is 12.6. The molecule has 8 nitrogen and oxygen atoms in total. The highest BCUT2D eigenvalue weighted by atomic mass is 32.2. The third-order valence-electron chi connectivity index (χ3n) is 3.38. The highest BCUT2D eigenvalue weighted by molar-refractivity contribution is 8.00. The average molecular weight is 323 g/mol. The molecule has 2 aromatic heterocycles. The van der Waals surface area contributed by atoms with Gasteiger partial charge in [-0.15, -0.1) is 0 Å². The van der Waals surface area contributed by atoms with Crippen molar-refractivity contribution in [3.8, 4) is 0 Å². The molecule has 0 fully saturated rings. The standard InChI is InChI=1S/C13H17N5O3S/c1-7(22-12-15-5-6-16(12)2)9(19)8-10(14)17(3)13(21)18(4)11(8)20/h5-7H,14H2,1-4H3/t7-/m0/s1. The van der Waals surface area contributed by atoms with E-state index in [-0.39, 0.29) is 11.4 Å². The summed E-state index contributed by atoms with van der Waals surface area (Å²) in [4.78, 5) is 40.7. The van der Waals surface area contributed by atoms with Crippen molar-refractivity contribution in [3.05, 3.63) is 38.8 Å². The van der Waals surface area contributed by atoms with Gasteiger partial charge < -0.3 is 10.3 Å². The molecule has 0 radical (unpaired) electrons. The maximum Gasteiger partial charge on any atom is 0.332 e. The SMILES string of the molecule is C[C@H](Sc1nccn1C)C(=O)c1c(N)n(C)c(=O)n(C)c1=O. The third-order valence-corrected chi connectivity index (χ3v) is 4.56. The van der Waals surface area contributed by atoms with Crippen molar-refractivity contribution in [2.24, 2.45) is 21.1 Å². The monoisotopic (exact) mass is 323 g/mol. The fraction of sp³-hybridized carbons (Fsp3) is 0.385. The first kappa shape index (κ1) is 16.1.